The number of methoxy groups -OCH3 is 1. The van der Waals surface area contributed by atoms with Gasteiger partial charge >= 0.3 is 12.0 Å². The predicted octanol–water partition coefficient (Wildman–Crippen LogP) is 3.39. The number of aromatic nitrogens is 3. The number of nitrogens with zero attached hydrogens (tertiary/aromatic N) is 3. The van der Waals surface area contributed by atoms with Gasteiger partial charge in [-0.05, 0) is 42.5 Å². The highest BCUT2D eigenvalue weighted by Crippen LogP contribution is 2.27. The Bertz CT molecular complexity index is 1030. The minimum Gasteiger partial charge on any atom is -0.497 e. The topological polar surface area (TPSA) is 90.4 Å². The average Bonchev–Trinajstić information content (AvgIpc) is 3.26. The highest BCUT2D eigenvalue weighted by atomic mass is 16.5. The summed E-state index contributed by atoms with van der Waals surface area (Å²) in [5, 5.41) is 13.4. The number of para-hydroxylation sites is 2. The van der Waals surface area contributed by atoms with Crippen LogP contribution in [-0.2, 0) is 0 Å². The smallest absolute Gasteiger partial charge is 0.356 e. The largest absolute Gasteiger partial charge is 0.497 e. The molecule has 2 aromatic carbocycles. The fraction of sp³-hybridized carbons (Fsp3) is 0.0556. The number of aromatic carboxylic acids is 1. The highest BCUT2D eigenvalue weighted by Gasteiger charge is 2.19. The van der Waals surface area contributed by atoms with Gasteiger partial charge in [-0.25, -0.2) is 4.79 Å². The van der Waals surface area contributed by atoms with Gasteiger partial charge in [0.05, 0.1) is 12.8 Å². The summed E-state index contributed by atoms with van der Waals surface area (Å²) in [5.74, 6) is -0.417. The maximum Gasteiger partial charge on any atom is 0.356 e. The molecule has 2 aromatic heterocycles. The van der Waals surface area contributed by atoms with Crippen molar-refractivity contribution in [2.45, 2.75) is 0 Å². The lowest BCUT2D eigenvalue weighted by molar-refractivity contribution is 0.0690. The first-order valence-electron chi connectivity index (χ1n) is 7.49. The molecule has 0 saturated carbocycles. The van der Waals surface area contributed by atoms with Crippen molar-refractivity contribution >= 4 is 17.1 Å². The predicted molar refractivity (Wildman–Crippen MR) is 90.1 cm³/mol. The molecule has 2 heterocycles. The number of oxazole rings is 1. The molecule has 1 N–H and O–H groups in total. The number of benzene rings is 2. The molecule has 0 atom stereocenters. The van der Waals surface area contributed by atoms with Gasteiger partial charge in [-0.2, -0.15) is 14.8 Å². The Morgan fingerprint density at radius 2 is 1.92 bits per heavy atom. The molecule has 4 rings (SSSR count). The van der Waals surface area contributed by atoms with Crippen LogP contribution < -0.4 is 4.74 Å². The number of carboxylic acids is 1. The highest BCUT2D eigenvalue weighted by molar-refractivity contribution is 5.87. The van der Waals surface area contributed by atoms with Crippen molar-refractivity contribution in [2.75, 3.05) is 7.11 Å². The molecule has 7 heteroatoms. The Kier molecular flexibility index (Phi) is 3.46. The quantitative estimate of drug-likeness (QED) is 0.615. The van der Waals surface area contributed by atoms with Gasteiger partial charge in [-0.3, -0.25) is 0 Å². The summed E-state index contributed by atoms with van der Waals surface area (Å²) in [5.41, 5.74) is 2.51. The summed E-state index contributed by atoms with van der Waals surface area (Å²) in [6, 6.07) is 16.2. The minimum absolute atomic E-state index is 0.0897. The number of fused-ring (bicyclic) bond motifs is 1. The van der Waals surface area contributed by atoms with E-state index in [4.69, 9.17) is 9.15 Å². The Balaban J connectivity index is 1.89. The molecule has 7 nitrogen and oxygen atoms in total. The number of carboxylic acid groups (broad SMARTS) is 1. The molecule has 0 saturated heterocycles. The van der Waals surface area contributed by atoms with E-state index in [1.165, 1.54) is 10.7 Å². The Morgan fingerprint density at radius 3 is 2.60 bits per heavy atom. The van der Waals surface area contributed by atoms with E-state index in [2.05, 4.69) is 10.1 Å². The molecule has 0 aliphatic rings. The van der Waals surface area contributed by atoms with Crippen molar-refractivity contribution in [3.8, 4) is 23.0 Å². The van der Waals surface area contributed by atoms with Crippen molar-refractivity contribution in [1.82, 2.24) is 14.8 Å². The number of rotatable bonds is 4. The van der Waals surface area contributed by atoms with Crippen LogP contribution in [-0.4, -0.2) is 33.0 Å². The molecule has 0 unspecified atom stereocenters. The fourth-order valence-electron chi connectivity index (χ4n) is 2.55. The summed E-state index contributed by atoms with van der Waals surface area (Å²) in [6.07, 6.45) is 0. The van der Waals surface area contributed by atoms with Gasteiger partial charge < -0.3 is 14.3 Å². The Labute approximate surface area is 142 Å². The van der Waals surface area contributed by atoms with Crippen LogP contribution in [0, 0.1) is 0 Å². The molecule has 124 valence electrons. The zero-order chi connectivity index (χ0) is 17.4. The molecule has 4 aromatic rings. The molecular formula is C18H13N3O4. The lowest BCUT2D eigenvalue weighted by Gasteiger charge is -2.04. The third kappa shape index (κ3) is 2.61. The van der Waals surface area contributed by atoms with Crippen LogP contribution in [0.5, 0.6) is 5.75 Å². The monoisotopic (exact) mass is 335 g/mol. The van der Waals surface area contributed by atoms with Crippen LogP contribution >= 0.6 is 0 Å². The van der Waals surface area contributed by atoms with Gasteiger partial charge in [0.2, 0.25) is 0 Å². The third-order valence-electron chi connectivity index (χ3n) is 3.78. The van der Waals surface area contributed by atoms with Crippen LogP contribution in [0.4, 0.5) is 0 Å². The summed E-state index contributed by atoms with van der Waals surface area (Å²) < 4.78 is 12.3. The second-order valence-corrected chi connectivity index (χ2v) is 5.32. The van der Waals surface area contributed by atoms with Crippen molar-refractivity contribution in [1.29, 1.82) is 0 Å². The van der Waals surface area contributed by atoms with E-state index in [1.54, 1.807) is 25.3 Å². The zero-order valence-electron chi connectivity index (χ0n) is 13.2. The first kappa shape index (κ1) is 14.9. The number of carbonyl (C=O) groups is 1. The molecule has 0 aliphatic carbocycles. The molecule has 0 aliphatic heterocycles. The van der Waals surface area contributed by atoms with Crippen molar-refractivity contribution in [3.63, 3.8) is 0 Å². The summed E-state index contributed by atoms with van der Waals surface area (Å²) >= 11 is 0. The third-order valence-corrected chi connectivity index (χ3v) is 3.78. The lowest BCUT2D eigenvalue weighted by Crippen LogP contribution is -2.02. The van der Waals surface area contributed by atoms with E-state index < -0.39 is 5.97 Å². The van der Waals surface area contributed by atoms with Crippen molar-refractivity contribution in [2.24, 2.45) is 0 Å². The maximum absolute atomic E-state index is 11.4. The maximum atomic E-state index is 11.4. The Morgan fingerprint density at radius 1 is 1.16 bits per heavy atom. The summed E-state index contributed by atoms with van der Waals surface area (Å²) in [6.45, 7) is 0. The number of hydrogen-bond donors (Lipinski definition) is 1. The van der Waals surface area contributed by atoms with E-state index in [-0.39, 0.29) is 11.7 Å². The van der Waals surface area contributed by atoms with Crippen molar-refractivity contribution in [3.05, 3.63) is 60.3 Å². The van der Waals surface area contributed by atoms with Gasteiger partial charge in [0.25, 0.3) is 0 Å². The first-order chi connectivity index (χ1) is 12.2. The van der Waals surface area contributed by atoms with E-state index in [1.807, 2.05) is 30.3 Å². The second-order valence-electron chi connectivity index (χ2n) is 5.32. The van der Waals surface area contributed by atoms with E-state index in [0.29, 0.717) is 22.5 Å². The normalized spacial score (nSPS) is 10.9. The molecule has 0 bridgehead atoms. The molecule has 0 fully saturated rings. The van der Waals surface area contributed by atoms with Crippen LogP contribution in [0.1, 0.15) is 10.5 Å². The van der Waals surface area contributed by atoms with Crippen LogP contribution in [0.25, 0.3) is 28.4 Å². The molecule has 0 radical (unpaired) electrons. The minimum atomic E-state index is -1.12. The van der Waals surface area contributed by atoms with Gasteiger partial charge in [-0.15, -0.1) is 0 Å². The zero-order valence-corrected chi connectivity index (χ0v) is 13.2. The van der Waals surface area contributed by atoms with Crippen LogP contribution in [0.2, 0.25) is 0 Å². The molecule has 0 amide bonds. The molecule has 0 spiro atoms. The van der Waals surface area contributed by atoms with Crippen molar-refractivity contribution < 1.29 is 19.1 Å². The van der Waals surface area contributed by atoms with Gasteiger partial charge in [0.1, 0.15) is 11.3 Å². The van der Waals surface area contributed by atoms with Gasteiger partial charge in [-0.1, -0.05) is 12.1 Å². The Hall–Kier alpha value is -3.61. The van der Waals surface area contributed by atoms with Crippen LogP contribution in [0.15, 0.2) is 59.0 Å². The first-order valence-corrected chi connectivity index (χ1v) is 7.49. The fourth-order valence-corrected chi connectivity index (χ4v) is 2.55. The average molecular weight is 335 g/mol. The SMILES string of the molecule is COc1ccc(-c2cc(C(=O)O)nn2-c2nc3ccccc3o2)cc1. The standard InChI is InChI=1S/C18H13N3O4/c1-24-12-8-6-11(7-9-12)15-10-14(17(22)23)20-21(15)18-19-13-4-2-3-5-16(13)25-18/h2-10H,1H3,(H,22,23). The summed E-state index contributed by atoms with van der Waals surface area (Å²) in [7, 11) is 1.58. The van der Waals surface area contributed by atoms with E-state index >= 15 is 0 Å². The van der Waals surface area contributed by atoms with Gasteiger partial charge in [0, 0.05) is 5.56 Å². The molecular weight excluding hydrogens is 322 g/mol. The molecule has 25 heavy (non-hydrogen) atoms. The lowest BCUT2D eigenvalue weighted by atomic mass is 10.1. The van der Waals surface area contributed by atoms with Crippen LogP contribution in [0.3, 0.4) is 0 Å². The van der Waals surface area contributed by atoms with Gasteiger partial charge in [0.15, 0.2) is 11.3 Å². The van der Waals surface area contributed by atoms with E-state index in [9.17, 15) is 9.90 Å². The number of hydrogen-bond acceptors (Lipinski definition) is 5. The number of ether oxygens (including phenoxy) is 1. The summed E-state index contributed by atoms with van der Waals surface area (Å²) in [4.78, 5) is 15.7. The van der Waals surface area contributed by atoms with E-state index in [0.717, 1.165) is 5.56 Å². The second kappa shape index (κ2) is 5.79.